The van der Waals surface area contributed by atoms with E-state index in [0.29, 0.717) is 18.4 Å². The summed E-state index contributed by atoms with van der Waals surface area (Å²) in [6, 6.07) is 41.0. The Labute approximate surface area is 231 Å². The summed E-state index contributed by atoms with van der Waals surface area (Å²) >= 11 is 0. The van der Waals surface area contributed by atoms with E-state index in [-0.39, 0.29) is 0 Å². The first-order valence-corrected chi connectivity index (χ1v) is 13.1. The van der Waals surface area contributed by atoms with Gasteiger partial charge in [0.25, 0.3) is 0 Å². The molecule has 7 aromatic rings. The molecule has 192 valence electrons. The van der Waals surface area contributed by atoms with E-state index >= 15 is 0 Å². The predicted octanol–water partition coefficient (Wildman–Crippen LogP) is 8.72. The maximum absolute atomic E-state index is 6.15. The van der Waals surface area contributed by atoms with E-state index in [1.165, 1.54) is 10.8 Å². The van der Waals surface area contributed by atoms with Crippen LogP contribution in [0.2, 0.25) is 0 Å². The second-order valence-corrected chi connectivity index (χ2v) is 9.60. The second-order valence-electron chi connectivity index (χ2n) is 9.60. The molecule has 0 atom stereocenters. The van der Waals surface area contributed by atoms with Crippen LogP contribution in [0.15, 0.2) is 132 Å². The third-order valence-corrected chi connectivity index (χ3v) is 7.03. The van der Waals surface area contributed by atoms with E-state index < -0.39 is 0 Å². The number of hydrogen-bond acceptors (Lipinski definition) is 4. The maximum atomic E-state index is 6.15. The van der Waals surface area contributed by atoms with Crippen LogP contribution in [0.4, 0.5) is 0 Å². The lowest BCUT2D eigenvalue weighted by atomic mass is 10.1. The van der Waals surface area contributed by atoms with Crippen molar-refractivity contribution in [1.29, 1.82) is 0 Å². The number of fused-ring (bicyclic) bond motifs is 3. The summed E-state index contributed by atoms with van der Waals surface area (Å²) in [5.74, 6) is 1.64. The molecule has 2 aromatic heterocycles. The van der Waals surface area contributed by atoms with Gasteiger partial charge in [-0.25, -0.2) is 0 Å². The number of aromatic nitrogens is 3. The Morgan fingerprint density at radius 2 is 1.32 bits per heavy atom. The molecular weight excluding hydrogens is 494 g/mol. The average Bonchev–Trinajstić information content (AvgIpc) is 3.64. The minimum atomic E-state index is 0.441. The molecule has 0 saturated carbocycles. The molecule has 0 N–H and O–H groups in total. The van der Waals surface area contributed by atoms with Gasteiger partial charge in [0, 0.05) is 27.6 Å². The third-order valence-electron chi connectivity index (χ3n) is 7.03. The summed E-state index contributed by atoms with van der Waals surface area (Å²) in [6.07, 6.45) is 1.83. The predicted molar refractivity (Wildman–Crippen MR) is 160 cm³/mol. The minimum Gasteiger partial charge on any atom is -0.489 e. The zero-order chi connectivity index (χ0) is 26.9. The van der Waals surface area contributed by atoms with Crippen LogP contribution in [-0.2, 0) is 6.61 Å². The number of para-hydroxylation sites is 2. The first-order valence-electron chi connectivity index (χ1n) is 13.1. The Bertz CT molecular complexity index is 1950. The van der Waals surface area contributed by atoms with E-state index in [0.717, 1.165) is 44.7 Å². The summed E-state index contributed by atoms with van der Waals surface area (Å²) < 4.78 is 14.5. The Morgan fingerprint density at radius 1 is 0.675 bits per heavy atom. The van der Waals surface area contributed by atoms with Gasteiger partial charge in [0.1, 0.15) is 12.4 Å². The summed E-state index contributed by atoms with van der Waals surface area (Å²) in [4.78, 5) is 0. The van der Waals surface area contributed by atoms with Crippen molar-refractivity contribution < 1.29 is 9.15 Å². The van der Waals surface area contributed by atoms with E-state index in [4.69, 9.17) is 9.15 Å². The molecule has 0 aliphatic heterocycles. The fourth-order valence-electron chi connectivity index (χ4n) is 5.13. The van der Waals surface area contributed by atoms with Crippen molar-refractivity contribution in [2.24, 2.45) is 0 Å². The summed E-state index contributed by atoms with van der Waals surface area (Å²) in [5.41, 5.74) is 7.13. The van der Waals surface area contributed by atoms with Gasteiger partial charge in [-0.05, 0) is 65.7 Å². The van der Waals surface area contributed by atoms with Crippen LogP contribution >= 0.6 is 0 Å². The number of rotatable bonds is 7. The Morgan fingerprint density at radius 3 is 2.05 bits per heavy atom. The number of ether oxygens (including phenoxy) is 1. The zero-order valence-electron chi connectivity index (χ0n) is 21.7. The first kappa shape index (κ1) is 23.7. The highest BCUT2D eigenvalue weighted by atomic mass is 16.5. The summed E-state index contributed by atoms with van der Waals surface area (Å²) in [7, 11) is 0. The molecule has 5 aromatic carbocycles. The quantitative estimate of drug-likeness (QED) is 0.211. The van der Waals surface area contributed by atoms with Crippen molar-refractivity contribution in [3.05, 3.63) is 139 Å². The highest BCUT2D eigenvalue weighted by Crippen LogP contribution is 2.33. The zero-order valence-corrected chi connectivity index (χ0v) is 21.7. The molecule has 0 unspecified atom stereocenters. The van der Waals surface area contributed by atoms with Crippen LogP contribution in [0, 0.1) is 0 Å². The number of nitrogens with zero attached hydrogens (tertiary/aromatic N) is 3. The Hall–Kier alpha value is -5.42. The molecule has 0 bridgehead atoms. The van der Waals surface area contributed by atoms with Crippen LogP contribution in [0.1, 0.15) is 11.1 Å². The molecule has 0 fully saturated rings. The van der Waals surface area contributed by atoms with Gasteiger partial charge in [-0.3, -0.25) is 0 Å². The molecule has 0 aliphatic rings. The van der Waals surface area contributed by atoms with Gasteiger partial charge in [0.2, 0.25) is 11.8 Å². The molecule has 0 spiro atoms. The van der Waals surface area contributed by atoms with E-state index in [1.54, 1.807) is 0 Å². The average molecular weight is 520 g/mol. The molecule has 7 rings (SSSR count). The van der Waals surface area contributed by atoms with Gasteiger partial charge < -0.3 is 13.7 Å². The van der Waals surface area contributed by atoms with E-state index in [1.807, 2.05) is 60.7 Å². The normalized spacial score (nSPS) is 11.2. The van der Waals surface area contributed by atoms with Crippen molar-refractivity contribution in [1.82, 2.24) is 14.8 Å². The molecule has 0 amide bonds. The van der Waals surface area contributed by atoms with Gasteiger partial charge in [-0.2, -0.15) is 0 Å². The van der Waals surface area contributed by atoms with Gasteiger partial charge >= 0.3 is 0 Å². The van der Waals surface area contributed by atoms with Crippen molar-refractivity contribution >= 4 is 27.9 Å². The lowest BCUT2D eigenvalue weighted by molar-refractivity contribution is 0.306. The fourth-order valence-corrected chi connectivity index (χ4v) is 5.13. The third kappa shape index (κ3) is 4.33. The summed E-state index contributed by atoms with van der Waals surface area (Å²) in [6.45, 7) is 4.29. The first-order chi connectivity index (χ1) is 19.8. The minimum absolute atomic E-state index is 0.441. The second kappa shape index (κ2) is 10.0. The van der Waals surface area contributed by atoms with Gasteiger partial charge in [-0.15, -0.1) is 10.2 Å². The molecule has 5 nitrogen and oxygen atoms in total. The maximum Gasteiger partial charge on any atom is 0.248 e. The summed E-state index contributed by atoms with van der Waals surface area (Å²) in [5, 5.41) is 11.2. The Balaban J connectivity index is 1.18. The van der Waals surface area contributed by atoms with Gasteiger partial charge in [-0.1, -0.05) is 79.4 Å². The van der Waals surface area contributed by atoms with Crippen LogP contribution in [0.3, 0.4) is 0 Å². The van der Waals surface area contributed by atoms with E-state index in [9.17, 15) is 0 Å². The molecule has 5 heteroatoms. The molecular formula is C35H25N3O2. The SMILES string of the molecule is C=Cc1cccc(COc2cccc(-c3nnc(-c4cccc(-n5c6ccccc6c6ccccc65)c4)o3)c2)c1. The smallest absolute Gasteiger partial charge is 0.248 e. The van der Waals surface area contributed by atoms with Crippen molar-refractivity contribution in [3.63, 3.8) is 0 Å². The molecule has 0 aliphatic carbocycles. The largest absolute Gasteiger partial charge is 0.489 e. The van der Waals surface area contributed by atoms with Crippen LogP contribution in [0.25, 0.3) is 56.5 Å². The van der Waals surface area contributed by atoms with Crippen LogP contribution in [-0.4, -0.2) is 14.8 Å². The Kier molecular flexibility index (Phi) is 5.94. The van der Waals surface area contributed by atoms with Crippen LogP contribution < -0.4 is 4.74 Å². The van der Waals surface area contributed by atoms with Gasteiger partial charge in [0.15, 0.2) is 0 Å². The molecule has 0 radical (unpaired) electrons. The number of hydrogen-bond donors (Lipinski definition) is 0. The lowest BCUT2D eigenvalue weighted by Gasteiger charge is -2.09. The molecule has 0 saturated heterocycles. The van der Waals surface area contributed by atoms with Crippen molar-refractivity contribution in [2.45, 2.75) is 6.61 Å². The van der Waals surface area contributed by atoms with Gasteiger partial charge in [0.05, 0.1) is 11.0 Å². The molecule has 40 heavy (non-hydrogen) atoms. The topological polar surface area (TPSA) is 53.1 Å². The molecule has 2 heterocycles. The highest BCUT2D eigenvalue weighted by Gasteiger charge is 2.15. The van der Waals surface area contributed by atoms with Crippen molar-refractivity contribution in [2.75, 3.05) is 0 Å². The highest BCUT2D eigenvalue weighted by molar-refractivity contribution is 6.09. The van der Waals surface area contributed by atoms with Crippen LogP contribution in [0.5, 0.6) is 5.75 Å². The number of benzene rings is 5. The van der Waals surface area contributed by atoms with Crippen molar-refractivity contribution in [3.8, 4) is 34.3 Å². The fraction of sp³-hybridized carbons (Fsp3) is 0.0286. The monoisotopic (exact) mass is 519 g/mol. The lowest BCUT2D eigenvalue weighted by Crippen LogP contribution is -1.95. The van der Waals surface area contributed by atoms with E-state index in [2.05, 4.69) is 88.1 Å². The standard InChI is InChI=1S/C35H25N3O2/c1-2-24-10-7-11-25(20-24)23-39-29-15-9-13-27(22-29)35-37-36-34(40-35)26-12-8-14-28(21-26)38-32-18-5-3-16-30(32)31-17-4-6-19-33(31)38/h2-22H,1,23H2.